The van der Waals surface area contributed by atoms with Gasteiger partial charge in [-0.1, -0.05) is 19.8 Å². The number of nitrogens with two attached hydrogens (primary N) is 1. The maximum absolute atomic E-state index is 12.9. The first-order valence-corrected chi connectivity index (χ1v) is 8.76. The van der Waals surface area contributed by atoms with Gasteiger partial charge in [-0.25, -0.2) is 8.42 Å². The summed E-state index contributed by atoms with van der Waals surface area (Å²) in [6.45, 7) is 2.59. The van der Waals surface area contributed by atoms with Crippen LogP contribution in [0.4, 0.5) is 5.69 Å². The molecule has 21 heavy (non-hydrogen) atoms. The van der Waals surface area contributed by atoms with Gasteiger partial charge in [0.15, 0.2) is 0 Å². The number of anilines is 1. The summed E-state index contributed by atoms with van der Waals surface area (Å²) in [7, 11) is -3.64. The second-order valence-corrected chi connectivity index (χ2v) is 7.28. The molecule has 1 saturated heterocycles. The number of nitrogens with zero attached hydrogens (tertiary/aromatic N) is 2. The van der Waals surface area contributed by atoms with E-state index in [2.05, 4.69) is 6.92 Å². The van der Waals surface area contributed by atoms with Crippen LogP contribution in [0.15, 0.2) is 23.1 Å². The fourth-order valence-corrected chi connectivity index (χ4v) is 4.75. The molecule has 0 amide bonds. The fourth-order valence-electron chi connectivity index (χ4n) is 2.90. The Bertz CT molecular complexity index is 647. The number of benzene rings is 1. The molecule has 0 spiro atoms. The SMILES string of the molecule is CCCC1CCCCN1S(=O)(=O)c1ccc(N)cc1C#N. The van der Waals surface area contributed by atoms with E-state index in [0.717, 1.165) is 32.1 Å². The summed E-state index contributed by atoms with van der Waals surface area (Å²) < 4.78 is 27.4. The molecule has 5 nitrogen and oxygen atoms in total. The van der Waals surface area contributed by atoms with E-state index >= 15 is 0 Å². The lowest BCUT2D eigenvalue weighted by atomic mass is 10.0. The highest BCUT2D eigenvalue weighted by molar-refractivity contribution is 7.89. The normalized spacial score (nSPS) is 20.1. The Labute approximate surface area is 126 Å². The molecule has 1 aromatic rings. The summed E-state index contributed by atoms with van der Waals surface area (Å²) in [5.74, 6) is 0. The van der Waals surface area contributed by atoms with Crippen molar-refractivity contribution in [1.82, 2.24) is 4.31 Å². The van der Waals surface area contributed by atoms with Crippen molar-refractivity contribution in [2.24, 2.45) is 0 Å². The van der Waals surface area contributed by atoms with Crippen LogP contribution >= 0.6 is 0 Å². The van der Waals surface area contributed by atoms with E-state index in [4.69, 9.17) is 5.73 Å². The minimum absolute atomic E-state index is 0.0397. The molecule has 0 radical (unpaired) electrons. The van der Waals surface area contributed by atoms with Crippen molar-refractivity contribution in [3.05, 3.63) is 23.8 Å². The number of rotatable bonds is 4. The van der Waals surface area contributed by atoms with Crippen molar-refractivity contribution < 1.29 is 8.42 Å². The molecule has 0 aromatic heterocycles. The standard InChI is InChI=1S/C15H21N3O2S/c1-2-5-14-6-3-4-9-18(14)21(19,20)15-8-7-13(17)10-12(15)11-16/h7-8,10,14H,2-6,9,17H2,1H3. The molecule has 1 aliphatic heterocycles. The summed E-state index contributed by atoms with van der Waals surface area (Å²) >= 11 is 0. The monoisotopic (exact) mass is 307 g/mol. The van der Waals surface area contributed by atoms with Crippen LogP contribution in [0, 0.1) is 11.3 Å². The lowest BCUT2D eigenvalue weighted by Crippen LogP contribution is -2.43. The minimum atomic E-state index is -3.64. The molecule has 0 aliphatic carbocycles. The Morgan fingerprint density at radius 3 is 2.86 bits per heavy atom. The lowest BCUT2D eigenvalue weighted by Gasteiger charge is -2.34. The van der Waals surface area contributed by atoms with Gasteiger partial charge in [0.2, 0.25) is 10.0 Å². The molecule has 2 N–H and O–H groups in total. The maximum atomic E-state index is 12.9. The predicted octanol–water partition coefficient (Wildman–Crippen LogP) is 2.48. The van der Waals surface area contributed by atoms with Crippen LogP contribution in [0.1, 0.15) is 44.6 Å². The summed E-state index contributed by atoms with van der Waals surface area (Å²) in [4.78, 5) is 0.0715. The molecule has 1 heterocycles. The first-order valence-electron chi connectivity index (χ1n) is 7.32. The number of sulfonamides is 1. The van der Waals surface area contributed by atoms with E-state index in [9.17, 15) is 13.7 Å². The van der Waals surface area contributed by atoms with Gasteiger partial charge in [-0.15, -0.1) is 0 Å². The second kappa shape index (κ2) is 6.46. The smallest absolute Gasteiger partial charge is 0.244 e. The molecule has 0 saturated carbocycles. The average molecular weight is 307 g/mol. The first-order chi connectivity index (χ1) is 10.0. The molecule has 1 aromatic carbocycles. The highest BCUT2D eigenvalue weighted by Crippen LogP contribution is 2.29. The molecular formula is C15H21N3O2S. The third kappa shape index (κ3) is 3.20. The van der Waals surface area contributed by atoms with Crippen LogP contribution in [0.3, 0.4) is 0 Å². The van der Waals surface area contributed by atoms with Crippen molar-refractivity contribution in [2.45, 2.75) is 50.0 Å². The molecule has 1 unspecified atom stereocenters. The quantitative estimate of drug-likeness (QED) is 0.866. The highest BCUT2D eigenvalue weighted by atomic mass is 32.2. The number of hydrogen-bond donors (Lipinski definition) is 1. The van der Waals surface area contributed by atoms with Gasteiger partial charge in [-0.3, -0.25) is 0 Å². The molecule has 0 bridgehead atoms. The molecule has 1 aliphatic rings. The molecule has 2 rings (SSSR count). The lowest BCUT2D eigenvalue weighted by molar-refractivity contribution is 0.239. The minimum Gasteiger partial charge on any atom is -0.399 e. The van der Waals surface area contributed by atoms with Gasteiger partial charge in [-0.2, -0.15) is 9.57 Å². The van der Waals surface area contributed by atoms with Crippen molar-refractivity contribution >= 4 is 15.7 Å². The van der Waals surface area contributed by atoms with E-state index in [0.29, 0.717) is 12.2 Å². The number of piperidine rings is 1. The Morgan fingerprint density at radius 2 is 2.19 bits per heavy atom. The number of hydrogen-bond acceptors (Lipinski definition) is 4. The van der Waals surface area contributed by atoms with Gasteiger partial charge in [0.05, 0.1) is 5.56 Å². The van der Waals surface area contributed by atoms with Gasteiger partial charge in [-0.05, 0) is 37.5 Å². The third-order valence-corrected chi connectivity index (χ3v) is 5.92. The summed E-state index contributed by atoms with van der Waals surface area (Å²) in [6.07, 6.45) is 4.63. The topological polar surface area (TPSA) is 87.2 Å². The Kier molecular flexibility index (Phi) is 4.86. The summed E-state index contributed by atoms with van der Waals surface area (Å²) in [5, 5.41) is 9.19. The van der Waals surface area contributed by atoms with E-state index in [1.165, 1.54) is 18.2 Å². The predicted molar refractivity (Wildman–Crippen MR) is 82.0 cm³/mol. The van der Waals surface area contributed by atoms with Gasteiger partial charge >= 0.3 is 0 Å². The summed E-state index contributed by atoms with van der Waals surface area (Å²) in [6, 6.07) is 6.38. The number of nitriles is 1. The van der Waals surface area contributed by atoms with Crippen LogP contribution in [0.5, 0.6) is 0 Å². The number of nitrogen functional groups attached to an aromatic ring is 1. The van der Waals surface area contributed by atoms with Crippen molar-refractivity contribution in [3.63, 3.8) is 0 Å². The Balaban J connectivity index is 2.43. The van der Waals surface area contributed by atoms with Crippen LogP contribution in [0.2, 0.25) is 0 Å². The molecule has 6 heteroatoms. The van der Waals surface area contributed by atoms with Crippen LogP contribution in [-0.4, -0.2) is 25.3 Å². The zero-order valence-electron chi connectivity index (χ0n) is 12.2. The molecule has 114 valence electrons. The molecule has 1 atom stereocenters. The van der Waals surface area contributed by atoms with Crippen molar-refractivity contribution in [2.75, 3.05) is 12.3 Å². The zero-order chi connectivity index (χ0) is 15.5. The first kappa shape index (κ1) is 15.8. The van der Waals surface area contributed by atoms with Gasteiger partial charge in [0.1, 0.15) is 11.0 Å². The second-order valence-electron chi connectivity index (χ2n) is 5.42. The van der Waals surface area contributed by atoms with E-state index < -0.39 is 10.0 Å². The Hall–Kier alpha value is -1.58. The molecule has 1 fully saturated rings. The van der Waals surface area contributed by atoms with E-state index in [1.54, 1.807) is 4.31 Å². The third-order valence-electron chi connectivity index (χ3n) is 3.91. The van der Waals surface area contributed by atoms with Crippen LogP contribution in [-0.2, 0) is 10.0 Å². The highest BCUT2D eigenvalue weighted by Gasteiger charge is 2.34. The summed E-state index contributed by atoms with van der Waals surface area (Å²) in [5.41, 5.74) is 6.16. The van der Waals surface area contributed by atoms with Gasteiger partial charge in [0.25, 0.3) is 0 Å². The maximum Gasteiger partial charge on any atom is 0.244 e. The van der Waals surface area contributed by atoms with Gasteiger partial charge in [0, 0.05) is 18.3 Å². The zero-order valence-corrected chi connectivity index (χ0v) is 13.1. The Morgan fingerprint density at radius 1 is 1.43 bits per heavy atom. The van der Waals surface area contributed by atoms with Crippen molar-refractivity contribution in [3.8, 4) is 6.07 Å². The van der Waals surface area contributed by atoms with E-state index in [1.807, 2.05) is 6.07 Å². The molecular weight excluding hydrogens is 286 g/mol. The fraction of sp³-hybridized carbons (Fsp3) is 0.533. The largest absolute Gasteiger partial charge is 0.399 e. The van der Waals surface area contributed by atoms with Crippen molar-refractivity contribution in [1.29, 1.82) is 5.26 Å². The van der Waals surface area contributed by atoms with Crippen LogP contribution < -0.4 is 5.73 Å². The van der Waals surface area contributed by atoms with E-state index in [-0.39, 0.29) is 16.5 Å². The van der Waals surface area contributed by atoms with Crippen LogP contribution in [0.25, 0.3) is 0 Å². The van der Waals surface area contributed by atoms with Gasteiger partial charge < -0.3 is 5.73 Å². The average Bonchev–Trinajstić information content (AvgIpc) is 2.47.